The number of carbonyl (C=O) groups is 3. The Labute approximate surface area is 198 Å². The van der Waals surface area contributed by atoms with Crippen molar-refractivity contribution in [3.63, 3.8) is 0 Å². The fraction of sp³-hybridized carbons (Fsp3) is 0.318. The van der Waals surface area contributed by atoms with Gasteiger partial charge in [0.05, 0.1) is 12.2 Å². The van der Waals surface area contributed by atoms with Gasteiger partial charge in [-0.1, -0.05) is 42.5 Å². The zero-order valence-electron chi connectivity index (χ0n) is 18.0. The number of para-hydroxylation sites is 1. The largest absolute Gasteiger partial charge is 0.455 e. The van der Waals surface area contributed by atoms with Gasteiger partial charge < -0.3 is 15.5 Å². The molecule has 6 nitrogen and oxygen atoms in total. The Morgan fingerprint density at radius 2 is 1.42 bits per heavy atom. The van der Waals surface area contributed by atoms with Gasteiger partial charge in [-0.2, -0.15) is 35.1 Å². The van der Waals surface area contributed by atoms with E-state index in [1.807, 2.05) is 0 Å². The second-order valence-electron chi connectivity index (χ2n) is 7.80. The van der Waals surface area contributed by atoms with E-state index in [1.54, 1.807) is 6.07 Å². The predicted octanol–water partition coefficient (Wildman–Crippen LogP) is 4.12. The summed E-state index contributed by atoms with van der Waals surface area (Å²) >= 11 is 0. The minimum atomic E-state index is -5.93. The van der Waals surface area contributed by atoms with Gasteiger partial charge in [0.25, 0.3) is 5.91 Å². The fourth-order valence-corrected chi connectivity index (χ4v) is 3.55. The second kappa shape index (κ2) is 9.74. The van der Waals surface area contributed by atoms with Crippen molar-refractivity contribution in [3.8, 4) is 11.1 Å². The van der Waals surface area contributed by atoms with Crippen molar-refractivity contribution in [3.05, 3.63) is 54.1 Å². The third kappa shape index (κ3) is 5.91. The maximum absolute atomic E-state index is 13.3. The van der Waals surface area contributed by atoms with E-state index in [9.17, 15) is 49.5 Å². The Bertz CT molecular complexity index is 1160. The van der Waals surface area contributed by atoms with Gasteiger partial charge in [0.2, 0.25) is 11.8 Å². The highest BCUT2D eigenvalue weighted by Crippen LogP contribution is 2.41. The average Bonchev–Trinajstić information content (AvgIpc) is 2.86. The molecule has 1 atom stereocenters. The van der Waals surface area contributed by atoms with Crippen LogP contribution in [-0.2, 0) is 14.4 Å². The zero-order chi connectivity index (χ0) is 26.9. The fourth-order valence-electron chi connectivity index (χ4n) is 3.55. The third-order valence-electron chi connectivity index (χ3n) is 5.16. The summed E-state index contributed by atoms with van der Waals surface area (Å²) < 4.78 is 103. The van der Waals surface area contributed by atoms with Gasteiger partial charge in [-0.15, -0.1) is 0 Å². The number of hydrogen-bond donors (Lipinski definition) is 2. The molecule has 0 unspecified atom stereocenters. The van der Waals surface area contributed by atoms with Crippen LogP contribution in [0.15, 0.2) is 48.5 Å². The van der Waals surface area contributed by atoms with E-state index in [0.717, 1.165) is 0 Å². The van der Waals surface area contributed by atoms with E-state index < -0.39 is 61.5 Å². The lowest BCUT2D eigenvalue weighted by Gasteiger charge is -2.27. The lowest BCUT2D eigenvalue weighted by molar-refractivity contribution is -0.278. The van der Waals surface area contributed by atoms with Crippen LogP contribution in [0.5, 0.6) is 0 Å². The summed E-state index contributed by atoms with van der Waals surface area (Å²) in [6.45, 7) is -3.82. The Balaban J connectivity index is 1.87. The molecule has 0 aliphatic carbocycles. The molecule has 14 heteroatoms. The van der Waals surface area contributed by atoms with Crippen LogP contribution in [0.25, 0.3) is 11.1 Å². The molecule has 0 aromatic heterocycles. The molecule has 2 aromatic carbocycles. The van der Waals surface area contributed by atoms with Gasteiger partial charge in [-0.25, -0.2) is 0 Å². The molecule has 36 heavy (non-hydrogen) atoms. The Morgan fingerprint density at radius 1 is 0.833 bits per heavy atom. The molecular weight excluding hydrogens is 506 g/mol. The third-order valence-corrected chi connectivity index (χ3v) is 5.16. The maximum Gasteiger partial charge on any atom is 0.455 e. The Hall–Kier alpha value is -3.71. The molecule has 1 heterocycles. The number of hydrogen-bond acceptors (Lipinski definition) is 3. The van der Waals surface area contributed by atoms with Crippen LogP contribution < -0.4 is 15.5 Å². The highest BCUT2D eigenvalue weighted by molar-refractivity contribution is 6.07. The van der Waals surface area contributed by atoms with E-state index in [0.29, 0.717) is 10.5 Å². The first kappa shape index (κ1) is 26.9. The molecule has 3 rings (SSSR count). The molecule has 1 aliphatic heterocycles. The van der Waals surface area contributed by atoms with Crippen LogP contribution >= 0.6 is 0 Å². The first-order valence-electron chi connectivity index (χ1n) is 10.2. The topological polar surface area (TPSA) is 78.5 Å². The summed E-state index contributed by atoms with van der Waals surface area (Å²) in [6, 6.07) is 9.88. The van der Waals surface area contributed by atoms with Gasteiger partial charge in [0.15, 0.2) is 0 Å². The summed E-state index contributed by atoms with van der Waals surface area (Å²) in [5.41, 5.74) is 0.577. The lowest BCUT2D eigenvalue weighted by Crippen LogP contribution is -2.48. The van der Waals surface area contributed by atoms with Crippen LogP contribution in [0.3, 0.4) is 0 Å². The summed E-state index contributed by atoms with van der Waals surface area (Å²) in [5, 5.41) is 3.39. The number of fused-ring (bicyclic) bond motifs is 3. The van der Waals surface area contributed by atoms with Crippen LogP contribution in [0.4, 0.5) is 40.8 Å². The maximum atomic E-state index is 13.3. The number of rotatable bonds is 6. The molecule has 0 saturated heterocycles. The molecular formula is C22H17F8N3O3. The van der Waals surface area contributed by atoms with Crippen molar-refractivity contribution in [2.24, 2.45) is 0 Å². The molecule has 1 aliphatic rings. The van der Waals surface area contributed by atoms with Gasteiger partial charge in [-0.3, -0.25) is 14.4 Å². The number of benzene rings is 2. The number of nitrogens with one attached hydrogen (secondary N) is 2. The minimum absolute atomic E-state index is 0.0869. The van der Waals surface area contributed by atoms with Crippen molar-refractivity contribution in [1.82, 2.24) is 10.6 Å². The van der Waals surface area contributed by atoms with E-state index in [-0.39, 0.29) is 16.8 Å². The summed E-state index contributed by atoms with van der Waals surface area (Å²) in [7, 11) is 0. The Morgan fingerprint density at radius 3 is 2.03 bits per heavy atom. The van der Waals surface area contributed by atoms with Crippen molar-refractivity contribution in [1.29, 1.82) is 0 Å². The van der Waals surface area contributed by atoms with Gasteiger partial charge >= 0.3 is 18.3 Å². The summed E-state index contributed by atoms with van der Waals surface area (Å²) in [5.74, 6) is -9.24. The molecule has 0 saturated carbocycles. The minimum Gasteiger partial charge on any atom is -0.349 e. The standard InChI is InChI=1S/C22H17F8N3O3/c23-20(24,22(28,29)30)10-31-16(34)9-17(35)32-18-14-7-2-1-5-12(14)13-6-3-4-8-15(13)33(19(18)36)11-21(25,26)27/h1-8,18H,9-11H2,(H,31,34)(H,32,35)/t18-/m0/s1. The van der Waals surface area contributed by atoms with Crippen molar-refractivity contribution in [2.45, 2.75) is 30.7 Å². The van der Waals surface area contributed by atoms with Gasteiger partial charge in [-0.05, 0) is 17.2 Å². The van der Waals surface area contributed by atoms with Crippen molar-refractivity contribution in [2.75, 3.05) is 18.0 Å². The normalized spacial score (nSPS) is 16.1. The van der Waals surface area contributed by atoms with E-state index in [4.69, 9.17) is 0 Å². The quantitative estimate of drug-likeness (QED) is 0.442. The van der Waals surface area contributed by atoms with Crippen LogP contribution in [0.1, 0.15) is 18.0 Å². The molecule has 194 valence electrons. The first-order valence-corrected chi connectivity index (χ1v) is 10.2. The molecule has 0 fully saturated rings. The Kier molecular flexibility index (Phi) is 7.27. The molecule has 0 spiro atoms. The molecule has 2 N–H and O–H groups in total. The number of amides is 3. The molecule has 0 radical (unpaired) electrons. The van der Waals surface area contributed by atoms with E-state index in [2.05, 4.69) is 5.32 Å². The van der Waals surface area contributed by atoms with Crippen LogP contribution in [-0.4, -0.2) is 49.1 Å². The average molecular weight is 523 g/mol. The van der Waals surface area contributed by atoms with Crippen molar-refractivity contribution < 1.29 is 49.5 Å². The van der Waals surface area contributed by atoms with Gasteiger partial charge in [0, 0.05) is 5.56 Å². The molecule has 3 amide bonds. The van der Waals surface area contributed by atoms with Crippen LogP contribution in [0.2, 0.25) is 0 Å². The molecule has 0 bridgehead atoms. The summed E-state index contributed by atoms with van der Waals surface area (Å²) in [6.07, 6.45) is -12.0. The highest BCUT2D eigenvalue weighted by Gasteiger charge is 2.57. The first-order chi connectivity index (χ1) is 16.6. The van der Waals surface area contributed by atoms with Crippen LogP contribution in [0, 0.1) is 0 Å². The second-order valence-corrected chi connectivity index (χ2v) is 7.80. The predicted molar refractivity (Wildman–Crippen MR) is 110 cm³/mol. The number of halogens is 8. The molecule has 2 aromatic rings. The number of carbonyl (C=O) groups excluding carboxylic acids is 3. The highest BCUT2D eigenvalue weighted by atomic mass is 19.4. The number of nitrogens with zero attached hydrogens (tertiary/aromatic N) is 1. The SMILES string of the molecule is O=C(CC(=O)N[C@@H]1C(=O)N(CC(F)(F)F)c2ccccc2-c2ccccc21)NCC(F)(F)C(F)(F)F. The number of anilines is 1. The summed E-state index contributed by atoms with van der Waals surface area (Å²) in [4.78, 5) is 37.8. The monoisotopic (exact) mass is 523 g/mol. The van der Waals surface area contributed by atoms with Gasteiger partial charge in [0.1, 0.15) is 19.0 Å². The number of alkyl halides is 8. The van der Waals surface area contributed by atoms with E-state index in [1.165, 1.54) is 47.8 Å². The lowest BCUT2D eigenvalue weighted by atomic mass is 9.95. The van der Waals surface area contributed by atoms with E-state index >= 15 is 0 Å². The smallest absolute Gasteiger partial charge is 0.349 e. The zero-order valence-corrected chi connectivity index (χ0v) is 18.0. The van der Waals surface area contributed by atoms with Crippen molar-refractivity contribution >= 4 is 23.4 Å².